The lowest BCUT2D eigenvalue weighted by molar-refractivity contribution is 0.183. The summed E-state index contributed by atoms with van der Waals surface area (Å²) in [5.74, 6) is 0. The lowest BCUT2D eigenvalue weighted by Crippen LogP contribution is -2.44. The molecule has 5 heteroatoms. The van der Waals surface area contributed by atoms with Crippen molar-refractivity contribution < 1.29 is 4.43 Å². The van der Waals surface area contributed by atoms with Crippen molar-refractivity contribution in [2.24, 2.45) is 5.11 Å². The van der Waals surface area contributed by atoms with Gasteiger partial charge in [-0.1, -0.05) is 68.4 Å². The summed E-state index contributed by atoms with van der Waals surface area (Å²) < 4.78 is 6.60. The van der Waals surface area contributed by atoms with E-state index in [1.807, 2.05) is 12.1 Å². The van der Waals surface area contributed by atoms with Crippen LogP contribution in [0.4, 0.5) is 0 Å². The Balaban J connectivity index is 2.79. The minimum Gasteiger partial charge on any atom is -0.413 e. The first-order valence-electron chi connectivity index (χ1n) is 8.14. The molecule has 0 amide bonds. The van der Waals surface area contributed by atoms with Crippen molar-refractivity contribution in [2.75, 3.05) is 6.54 Å². The zero-order valence-electron chi connectivity index (χ0n) is 15.0. The van der Waals surface area contributed by atoms with Gasteiger partial charge < -0.3 is 4.43 Å². The van der Waals surface area contributed by atoms with Crippen LogP contribution in [0.1, 0.15) is 32.8 Å². The summed E-state index contributed by atoms with van der Waals surface area (Å²) in [5, 5.41) is 3.72. The highest BCUT2D eigenvalue weighted by molar-refractivity contribution is 6.74. The molecule has 0 aliphatic heterocycles. The van der Waals surface area contributed by atoms with Gasteiger partial charge in [0.1, 0.15) is 0 Å². The van der Waals surface area contributed by atoms with Crippen LogP contribution in [-0.4, -0.2) is 21.0 Å². The lowest BCUT2D eigenvalue weighted by Gasteiger charge is -2.39. The molecule has 1 aromatic carbocycles. The van der Waals surface area contributed by atoms with Gasteiger partial charge in [-0.2, -0.15) is 0 Å². The highest BCUT2D eigenvalue weighted by Crippen LogP contribution is 2.38. The fourth-order valence-corrected chi connectivity index (χ4v) is 3.42. The Morgan fingerprint density at radius 1 is 1.22 bits per heavy atom. The maximum absolute atomic E-state index is 8.32. The van der Waals surface area contributed by atoms with Gasteiger partial charge in [0.05, 0.1) is 6.10 Å². The molecule has 126 valence electrons. The second kappa shape index (κ2) is 8.92. The number of rotatable bonds is 8. The summed E-state index contributed by atoms with van der Waals surface area (Å²) in [6, 6.07) is 10.5. The van der Waals surface area contributed by atoms with E-state index in [4.69, 9.17) is 9.96 Å². The van der Waals surface area contributed by atoms with Crippen LogP contribution in [0.2, 0.25) is 18.1 Å². The third-order valence-electron chi connectivity index (χ3n) is 4.39. The third kappa shape index (κ3) is 7.04. The molecule has 0 fully saturated rings. The molecule has 0 spiro atoms. The minimum atomic E-state index is -1.81. The van der Waals surface area contributed by atoms with Gasteiger partial charge in [-0.05, 0) is 42.1 Å². The molecule has 23 heavy (non-hydrogen) atoms. The molecule has 4 nitrogen and oxygen atoms in total. The highest BCUT2D eigenvalue weighted by atomic mass is 28.4. The number of azide groups is 1. The standard InChI is InChI=1S/C18H29N3OSi/c1-18(2,3)23(4,5)22-17(13-9-10-14-20-21-19)15-16-11-7-6-8-12-16/h6-12,17H,13-15H2,1-5H3/b10-9+. The van der Waals surface area contributed by atoms with E-state index in [1.54, 1.807) is 0 Å². The monoisotopic (exact) mass is 331 g/mol. The van der Waals surface area contributed by atoms with Gasteiger partial charge in [-0.3, -0.25) is 0 Å². The largest absolute Gasteiger partial charge is 0.413 e. The Hall–Kier alpha value is -1.55. The van der Waals surface area contributed by atoms with E-state index in [0.717, 1.165) is 12.8 Å². The molecule has 1 atom stereocenters. The molecule has 0 aromatic heterocycles. The van der Waals surface area contributed by atoms with E-state index in [9.17, 15) is 0 Å². The van der Waals surface area contributed by atoms with E-state index in [2.05, 4.69) is 74.2 Å². The molecule has 0 aliphatic carbocycles. The van der Waals surface area contributed by atoms with E-state index < -0.39 is 8.32 Å². The van der Waals surface area contributed by atoms with Crippen LogP contribution in [0.3, 0.4) is 0 Å². The molecule has 0 heterocycles. The number of hydrogen-bond donors (Lipinski definition) is 0. The van der Waals surface area contributed by atoms with Crippen molar-refractivity contribution >= 4 is 8.32 Å². The van der Waals surface area contributed by atoms with Crippen LogP contribution in [-0.2, 0) is 10.8 Å². The highest BCUT2D eigenvalue weighted by Gasteiger charge is 2.38. The average Bonchev–Trinajstić information content (AvgIpc) is 2.46. The predicted molar refractivity (Wildman–Crippen MR) is 100.0 cm³/mol. The van der Waals surface area contributed by atoms with Crippen LogP contribution < -0.4 is 0 Å². The molecule has 0 N–H and O–H groups in total. The second-order valence-electron chi connectivity index (χ2n) is 7.31. The molecule has 0 aliphatic rings. The first-order valence-corrected chi connectivity index (χ1v) is 11.0. The fraction of sp³-hybridized carbons (Fsp3) is 0.556. The molecule has 0 radical (unpaired) electrons. The van der Waals surface area contributed by atoms with Crippen LogP contribution in [0.25, 0.3) is 10.4 Å². The summed E-state index contributed by atoms with van der Waals surface area (Å²) in [5.41, 5.74) is 9.61. The topological polar surface area (TPSA) is 58.0 Å². The fourth-order valence-electron chi connectivity index (χ4n) is 2.05. The molecule has 1 rings (SSSR count). The van der Waals surface area contributed by atoms with Gasteiger partial charge in [0, 0.05) is 11.5 Å². The van der Waals surface area contributed by atoms with Crippen LogP contribution in [0, 0.1) is 0 Å². The van der Waals surface area contributed by atoms with Gasteiger partial charge in [0.2, 0.25) is 0 Å². The summed E-state index contributed by atoms with van der Waals surface area (Å²) >= 11 is 0. The first-order chi connectivity index (χ1) is 10.8. The van der Waals surface area contributed by atoms with Gasteiger partial charge in [-0.15, -0.1) is 0 Å². The van der Waals surface area contributed by atoms with Crippen LogP contribution >= 0.6 is 0 Å². The van der Waals surface area contributed by atoms with Gasteiger partial charge in [0.15, 0.2) is 8.32 Å². The van der Waals surface area contributed by atoms with E-state index in [-0.39, 0.29) is 11.1 Å². The average molecular weight is 332 g/mol. The number of hydrogen-bond acceptors (Lipinski definition) is 2. The Labute approximate surface area is 141 Å². The van der Waals surface area contributed by atoms with E-state index in [1.165, 1.54) is 5.56 Å². The Morgan fingerprint density at radius 3 is 2.43 bits per heavy atom. The summed E-state index contributed by atoms with van der Waals surface area (Å²) in [7, 11) is -1.81. The molecular formula is C18H29N3OSi. The Morgan fingerprint density at radius 2 is 1.87 bits per heavy atom. The normalized spacial score (nSPS) is 13.8. The smallest absolute Gasteiger partial charge is 0.192 e. The third-order valence-corrected chi connectivity index (χ3v) is 8.92. The maximum atomic E-state index is 8.32. The SMILES string of the molecule is CC(C)(C)[Si](C)(C)OC(C/C=C/CN=[N+]=[N-])Cc1ccccc1. The van der Waals surface area contributed by atoms with E-state index in [0.29, 0.717) is 6.54 Å². The molecule has 0 bridgehead atoms. The second-order valence-corrected chi connectivity index (χ2v) is 12.1. The lowest BCUT2D eigenvalue weighted by atomic mass is 10.1. The zero-order valence-corrected chi connectivity index (χ0v) is 16.0. The molecular weight excluding hydrogens is 302 g/mol. The number of nitrogens with zero attached hydrogens (tertiary/aromatic N) is 3. The van der Waals surface area contributed by atoms with Crippen molar-refractivity contribution in [1.29, 1.82) is 0 Å². The molecule has 0 saturated carbocycles. The van der Waals surface area contributed by atoms with Crippen molar-refractivity contribution in [2.45, 2.75) is 57.8 Å². The van der Waals surface area contributed by atoms with Crippen LogP contribution in [0.15, 0.2) is 47.6 Å². The molecule has 1 unspecified atom stereocenters. The van der Waals surface area contributed by atoms with Gasteiger partial charge in [-0.25, -0.2) is 0 Å². The van der Waals surface area contributed by atoms with Crippen molar-refractivity contribution in [1.82, 2.24) is 0 Å². The predicted octanol–water partition coefficient (Wildman–Crippen LogP) is 5.88. The van der Waals surface area contributed by atoms with Crippen molar-refractivity contribution in [3.63, 3.8) is 0 Å². The van der Waals surface area contributed by atoms with Crippen molar-refractivity contribution in [3.05, 3.63) is 58.5 Å². The summed E-state index contributed by atoms with van der Waals surface area (Å²) in [6.45, 7) is 11.8. The van der Waals surface area contributed by atoms with Crippen molar-refractivity contribution in [3.8, 4) is 0 Å². The quantitative estimate of drug-likeness (QED) is 0.193. The summed E-state index contributed by atoms with van der Waals surface area (Å²) in [4.78, 5) is 2.76. The maximum Gasteiger partial charge on any atom is 0.192 e. The molecule has 1 aromatic rings. The zero-order chi connectivity index (χ0) is 17.3. The number of benzene rings is 1. The molecule has 0 saturated heterocycles. The van der Waals surface area contributed by atoms with Gasteiger partial charge >= 0.3 is 0 Å². The summed E-state index contributed by atoms with van der Waals surface area (Å²) in [6.07, 6.45) is 5.87. The first kappa shape index (κ1) is 19.5. The van der Waals surface area contributed by atoms with E-state index >= 15 is 0 Å². The van der Waals surface area contributed by atoms with Crippen LogP contribution in [0.5, 0.6) is 0 Å². The Bertz CT molecular complexity index is 543. The minimum absolute atomic E-state index is 0.153. The Kier molecular flexibility index (Phi) is 7.56. The van der Waals surface area contributed by atoms with Gasteiger partial charge in [0.25, 0.3) is 0 Å².